The Bertz CT molecular complexity index is 874. The molecule has 0 aromatic heterocycles. The maximum atomic E-state index is 13.8. The van der Waals surface area contributed by atoms with Crippen molar-refractivity contribution in [3.8, 4) is 0 Å². The Morgan fingerprint density at radius 2 is 1.76 bits per heavy atom. The van der Waals surface area contributed by atoms with Crippen molar-refractivity contribution >= 4 is 39.4 Å². The van der Waals surface area contributed by atoms with E-state index in [0.717, 1.165) is 5.56 Å². The molecule has 2 rings (SSSR count). The van der Waals surface area contributed by atoms with Gasteiger partial charge in [0, 0.05) is 4.47 Å². The molecule has 0 spiro atoms. The van der Waals surface area contributed by atoms with Crippen LogP contribution in [0.3, 0.4) is 0 Å². The molecule has 2 N–H and O–H groups in total. The standard InChI is InChI=1S/C21H22BrFN2O4/c1-13(2)20(25-18(26)10-14-6-4-3-5-7-14)21(28)29-12-19(27)24-17-9-8-15(22)11-16(17)23/h3-9,11,13,20H,10,12H2,1-2H3,(H,24,27)(H,25,26). The zero-order valence-electron chi connectivity index (χ0n) is 16.1. The monoisotopic (exact) mass is 464 g/mol. The fourth-order valence-corrected chi connectivity index (χ4v) is 2.84. The summed E-state index contributed by atoms with van der Waals surface area (Å²) in [7, 11) is 0. The fourth-order valence-electron chi connectivity index (χ4n) is 2.51. The minimum absolute atomic E-state index is 0.0224. The highest BCUT2D eigenvalue weighted by atomic mass is 79.9. The summed E-state index contributed by atoms with van der Waals surface area (Å²) in [5.74, 6) is -2.60. The van der Waals surface area contributed by atoms with E-state index in [1.807, 2.05) is 30.3 Å². The summed E-state index contributed by atoms with van der Waals surface area (Å²) in [6, 6.07) is 12.4. The molecule has 0 aliphatic carbocycles. The Labute approximate surface area is 177 Å². The number of rotatable bonds is 8. The highest BCUT2D eigenvalue weighted by Gasteiger charge is 2.26. The molecule has 2 amide bonds. The highest BCUT2D eigenvalue weighted by Crippen LogP contribution is 2.19. The second kappa shape index (κ2) is 10.7. The number of esters is 1. The third-order valence-corrected chi connectivity index (χ3v) is 4.49. The highest BCUT2D eigenvalue weighted by molar-refractivity contribution is 9.10. The molecule has 6 nitrogen and oxygen atoms in total. The van der Waals surface area contributed by atoms with E-state index in [1.54, 1.807) is 19.9 Å². The Balaban J connectivity index is 1.88. The summed E-state index contributed by atoms with van der Waals surface area (Å²) in [6.07, 6.45) is 0.126. The SMILES string of the molecule is CC(C)C(NC(=O)Cc1ccccc1)C(=O)OCC(=O)Nc1ccc(Br)cc1F. The van der Waals surface area contributed by atoms with Crippen molar-refractivity contribution < 1.29 is 23.5 Å². The van der Waals surface area contributed by atoms with Crippen molar-refractivity contribution in [3.05, 3.63) is 64.4 Å². The summed E-state index contributed by atoms with van der Waals surface area (Å²) >= 11 is 3.13. The third kappa shape index (κ3) is 7.30. The number of halogens is 2. The van der Waals surface area contributed by atoms with Gasteiger partial charge in [0.05, 0.1) is 12.1 Å². The van der Waals surface area contributed by atoms with Crippen LogP contribution in [-0.4, -0.2) is 30.4 Å². The second-order valence-electron chi connectivity index (χ2n) is 6.73. The zero-order valence-corrected chi connectivity index (χ0v) is 17.7. The van der Waals surface area contributed by atoms with Crippen LogP contribution in [0.1, 0.15) is 19.4 Å². The van der Waals surface area contributed by atoms with E-state index in [0.29, 0.717) is 4.47 Å². The molecule has 0 saturated carbocycles. The van der Waals surface area contributed by atoms with Gasteiger partial charge in [-0.1, -0.05) is 60.1 Å². The average molecular weight is 465 g/mol. The number of carbonyl (C=O) groups is 3. The summed E-state index contributed by atoms with van der Waals surface area (Å²) in [5.41, 5.74) is 0.794. The first-order chi connectivity index (χ1) is 13.8. The first kappa shape index (κ1) is 22.5. The predicted molar refractivity (Wildman–Crippen MR) is 111 cm³/mol. The number of anilines is 1. The molecule has 8 heteroatoms. The van der Waals surface area contributed by atoms with E-state index in [1.165, 1.54) is 12.1 Å². The van der Waals surface area contributed by atoms with Gasteiger partial charge in [0.25, 0.3) is 5.91 Å². The lowest BCUT2D eigenvalue weighted by atomic mass is 10.0. The lowest BCUT2D eigenvalue weighted by Gasteiger charge is -2.20. The number of benzene rings is 2. The molecule has 1 unspecified atom stereocenters. The van der Waals surface area contributed by atoms with E-state index < -0.39 is 30.3 Å². The van der Waals surface area contributed by atoms with Gasteiger partial charge in [0.2, 0.25) is 5.91 Å². The van der Waals surface area contributed by atoms with Crippen LogP contribution in [0, 0.1) is 11.7 Å². The fraction of sp³-hybridized carbons (Fsp3) is 0.286. The quantitative estimate of drug-likeness (QED) is 0.585. The number of hydrogen-bond acceptors (Lipinski definition) is 4. The molecular weight excluding hydrogens is 443 g/mol. The Morgan fingerprint density at radius 1 is 1.07 bits per heavy atom. The van der Waals surface area contributed by atoms with Gasteiger partial charge in [-0.3, -0.25) is 9.59 Å². The van der Waals surface area contributed by atoms with Crippen LogP contribution in [0.2, 0.25) is 0 Å². The molecule has 0 fully saturated rings. The van der Waals surface area contributed by atoms with Crippen LogP contribution >= 0.6 is 15.9 Å². The van der Waals surface area contributed by atoms with Gasteiger partial charge in [0.15, 0.2) is 6.61 Å². The summed E-state index contributed by atoms with van der Waals surface area (Å²) < 4.78 is 19.3. The van der Waals surface area contributed by atoms with Crippen LogP contribution in [-0.2, 0) is 25.5 Å². The maximum Gasteiger partial charge on any atom is 0.329 e. The Kier molecular flexibility index (Phi) is 8.33. The molecule has 29 heavy (non-hydrogen) atoms. The van der Waals surface area contributed by atoms with Crippen LogP contribution < -0.4 is 10.6 Å². The second-order valence-corrected chi connectivity index (χ2v) is 7.65. The van der Waals surface area contributed by atoms with E-state index in [9.17, 15) is 18.8 Å². The molecule has 0 bridgehead atoms. The summed E-state index contributed by atoms with van der Waals surface area (Å²) in [6.45, 7) is 2.92. The van der Waals surface area contributed by atoms with E-state index >= 15 is 0 Å². The number of carbonyl (C=O) groups excluding carboxylic acids is 3. The number of ether oxygens (including phenoxy) is 1. The van der Waals surface area contributed by atoms with E-state index in [-0.39, 0.29) is 23.9 Å². The normalized spacial score (nSPS) is 11.6. The lowest BCUT2D eigenvalue weighted by Crippen LogP contribution is -2.46. The van der Waals surface area contributed by atoms with E-state index in [2.05, 4.69) is 26.6 Å². The van der Waals surface area contributed by atoms with Gasteiger partial charge >= 0.3 is 5.97 Å². The topological polar surface area (TPSA) is 84.5 Å². The van der Waals surface area contributed by atoms with Crippen molar-refractivity contribution in [1.82, 2.24) is 5.32 Å². The third-order valence-electron chi connectivity index (χ3n) is 4.00. The largest absolute Gasteiger partial charge is 0.454 e. The van der Waals surface area contributed by atoms with Gasteiger partial charge in [0.1, 0.15) is 11.9 Å². The van der Waals surface area contributed by atoms with Crippen LogP contribution in [0.5, 0.6) is 0 Å². The van der Waals surface area contributed by atoms with Crippen LogP contribution in [0.25, 0.3) is 0 Å². The van der Waals surface area contributed by atoms with Crippen molar-refractivity contribution in [2.45, 2.75) is 26.3 Å². The Morgan fingerprint density at radius 3 is 2.38 bits per heavy atom. The molecular formula is C21H22BrFN2O4. The van der Waals surface area contributed by atoms with Crippen molar-refractivity contribution in [2.75, 3.05) is 11.9 Å². The number of amides is 2. The smallest absolute Gasteiger partial charge is 0.329 e. The van der Waals surface area contributed by atoms with Gasteiger partial charge in [-0.25, -0.2) is 9.18 Å². The van der Waals surface area contributed by atoms with Crippen molar-refractivity contribution in [2.24, 2.45) is 5.92 Å². The van der Waals surface area contributed by atoms with Gasteiger partial charge in [-0.05, 0) is 29.7 Å². The molecule has 1 atom stereocenters. The molecule has 154 valence electrons. The summed E-state index contributed by atoms with van der Waals surface area (Å²) in [5, 5.41) is 4.98. The van der Waals surface area contributed by atoms with Gasteiger partial charge in [-0.2, -0.15) is 0 Å². The molecule has 0 saturated heterocycles. The van der Waals surface area contributed by atoms with E-state index in [4.69, 9.17) is 4.74 Å². The van der Waals surface area contributed by atoms with Gasteiger partial charge in [-0.15, -0.1) is 0 Å². The predicted octanol–water partition coefficient (Wildman–Crippen LogP) is 3.45. The average Bonchev–Trinajstić information content (AvgIpc) is 2.67. The first-order valence-corrected chi connectivity index (χ1v) is 9.80. The van der Waals surface area contributed by atoms with Crippen LogP contribution in [0.4, 0.5) is 10.1 Å². The minimum atomic E-state index is -0.900. The van der Waals surface area contributed by atoms with Crippen molar-refractivity contribution in [1.29, 1.82) is 0 Å². The molecule has 0 radical (unpaired) electrons. The maximum absolute atomic E-state index is 13.8. The lowest BCUT2D eigenvalue weighted by molar-refractivity contribution is -0.151. The zero-order chi connectivity index (χ0) is 21.4. The molecule has 0 aliphatic rings. The summed E-state index contributed by atoms with van der Waals surface area (Å²) in [4.78, 5) is 36.5. The van der Waals surface area contributed by atoms with Crippen molar-refractivity contribution in [3.63, 3.8) is 0 Å². The Hall–Kier alpha value is -2.74. The number of hydrogen-bond donors (Lipinski definition) is 2. The molecule has 2 aromatic rings. The molecule has 0 aliphatic heterocycles. The minimum Gasteiger partial charge on any atom is -0.454 e. The molecule has 0 heterocycles. The van der Waals surface area contributed by atoms with Gasteiger partial charge < -0.3 is 15.4 Å². The van der Waals surface area contributed by atoms with Crippen LogP contribution in [0.15, 0.2) is 53.0 Å². The molecule has 2 aromatic carbocycles. The first-order valence-electron chi connectivity index (χ1n) is 9.01. The number of nitrogens with one attached hydrogen (secondary N) is 2.